The Bertz CT molecular complexity index is 1230. The monoisotopic (exact) mass is 466 g/mol. The molecule has 0 radical (unpaired) electrons. The van der Waals surface area contributed by atoms with Crippen LogP contribution in [-0.2, 0) is 9.53 Å². The van der Waals surface area contributed by atoms with E-state index in [1.165, 1.54) is 23.3 Å². The molecular formula is C24H22N2O6S. The number of anilines is 1. The Morgan fingerprint density at radius 2 is 1.76 bits per heavy atom. The molecule has 1 aliphatic rings. The fourth-order valence-corrected chi connectivity index (χ4v) is 4.78. The summed E-state index contributed by atoms with van der Waals surface area (Å²) in [7, 11) is 1.32. The number of thiophene rings is 1. The topological polar surface area (TPSA) is 102 Å². The van der Waals surface area contributed by atoms with Crippen molar-refractivity contribution in [3.8, 4) is 5.75 Å². The fourth-order valence-electron chi connectivity index (χ4n) is 3.73. The van der Waals surface area contributed by atoms with Crippen LogP contribution >= 0.6 is 11.3 Å². The molecule has 0 unspecified atom stereocenters. The highest BCUT2D eigenvalue weighted by Gasteiger charge is 2.34. The number of nitrogens with zero attached hydrogens (tertiary/aromatic N) is 1. The summed E-state index contributed by atoms with van der Waals surface area (Å²) >= 11 is 1.27. The van der Waals surface area contributed by atoms with Gasteiger partial charge in [-0.3, -0.25) is 19.3 Å². The van der Waals surface area contributed by atoms with Gasteiger partial charge >= 0.3 is 5.97 Å². The molecule has 4 rings (SSSR count). The normalized spacial score (nSPS) is 12.7. The predicted octanol–water partition coefficient (Wildman–Crippen LogP) is 4.10. The number of hydrogen-bond acceptors (Lipinski definition) is 7. The molecule has 3 aromatic rings. The largest absolute Gasteiger partial charge is 0.491 e. The number of amides is 3. The lowest BCUT2D eigenvalue weighted by Gasteiger charge is -2.13. The van der Waals surface area contributed by atoms with E-state index in [2.05, 4.69) is 5.32 Å². The maximum absolute atomic E-state index is 12.5. The van der Waals surface area contributed by atoms with E-state index in [1.807, 2.05) is 13.0 Å². The molecule has 0 fully saturated rings. The standard InChI is InChI=1S/C24H22N2O6S/c1-3-32-20-17-13-14(10-11-18(17)33-21(20)24(30)31-2)25-19(27)9-6-12-26-22(28)15-7-4-5-8-16(15)23(26)29/h4-5,7-8,10-11,13H,3,6,9,12H2,1-2H3,(H,25,27). The molecule has 0 saturated heterocycles. The lowest BCUT2D eigenvalue weighted by molar-refractivity contribution is -0.116. The summed E-state index contributed by atoms with van der Waals surface area (Å²) in [5.74, 6) is -0.940. The van der Waals surface area contributed by atoms with Gasteiger partial charge in [-0.05, 0) is 43.7 Å². The number of ether oxygens (including phenoxy) is 2. The van der Waals surface area contributed by atoms with Gasteiger partial charge in [0.1, 0.15) is 0 Å². The van der Waals surface area contributed by atoms with Gasteiger partial charge in [-0.1, -0.05) is 12.1 Å². The number of imide groups is 1. The van der Waals surface area contributed by atoms with E-state index in [0.717, 1.165) is 4.70 Å². The van der Waals surface area contributed by atoms with Crippen LogP contribution in [-0.4, -0.2) is 48.9 Å². The van der Waals surface area contributed by atoms with Gasteiger partial charge < -0.3 is 14.8 Å². The minimum absolute atomic E-state index is 0.140. The van der Waals surface area contributed by atoms with Crippen molar-refractivity contribution >= 4 is 50.8 Å². The van der Waals surface area contributed by atoms with E-state index in [0.29, 0.717) is 45.9 Å². The zero-order chi connectivity index (χ0) is 23.5. The average molecular weight is 467 g/mol. The molecule has 1 N–H and O–H groups in total. The van der Waals surface area contributed by atoms with Crippen LogP contribution in [0.1, 0.15) is 50.2 Å². The first-order chi connectivity index (χ1) is 15.9. The Morgan fingerprint density at radius 3 is 2.39 bits per heavy atom. The minimum atomic E-state index is -0.474. The van der Waals surface area contributed by atoms with E-state index in [1.54, 1.807) is 36.4 Å². The van der Waals surface area contributed by atoms with Crippen LogP contribution in [0, 0.1) is 0 Å². The summed E-state index contributed by atoms with van der Waals surface area (Å²) in [5.41, 5.74) is 1.35. The highest BCUT2D eigenvalue weighted by Crippen LogP contribution is 2.39. The molecule has 8 nitrogen and oxygen atoms in total. The van der Waals surface area contributed by atoms with E-state index >= 15 is 0 Å². The third-order valence-electron chi connectivity index (χ3n) is 5.25. The molecule has 1 aromatic heterocycles. The highest BCUT2D eigenvalue weighted by atomic mass is 32.1. The summed E-state index contributed by atoms with van der Waals surface area (Å²) in [5, 5.41) is 3.54. The van der Waals surface area contributed by atoms with Gasteiger partial charge in [0, 0.05) is 28.7 Å². The van der Waals surface area contributed by atoms with Crippen molar-refractivity contribution < 1.29 is 28.7 Å². The van der Waals surface area contributed by atoms with Crippen molar-refractivity contribution in [2.24, 2.45) is 0 Å². The number of rotatable bonds is 8. The van der Waals surface area contributed by atoms with Gasteiger partial charge in [0.15, 0.2) is 10.6 Å². The molecule has 33 heavy (non-hydrogen) atoms. The van der Waals surface area contributed by atoms with Gasteiger partial charge in [-0.25, -0.2) is 4.79 Å². The first kappa shape index (κ1) is 22.5. The van der Waals surface area contributed by atoms with Gasteiger partial charge in [-0.2, -0.15) is 0 Å². The average Bonchev–Trinajstić information content (AvgIpc) is 3.29. The number of carbonyl (C=O) groups excluding carboxylic acids is 4. The summed E-state index contributed by atoms with van der Waals surface area (Å²) < 4.78 is 11.3. The van der Waals surface area contributed by atoms with E-state index in [4.69, 9.17) is 9.47 Å². The second-order valence-electron chi connectivity index (χ2n) is 7.36. The zero-order valence-corrected chi connectivity index (χ0v) is 19.0. The first-order valence-electron chi connectivity index (χ1n) is 10.5. The van der Waals surface area contributed by atoms with Crippen molar-refractivity contribution in [3.05, 3.63) is 58.5 Å². The molecular weight excluding hydrogens is 444 g/mol. The molecule has 0 saturated carbocycles. The second kappa shape index (κ2) is 9.41. The van der Waals surface area contributed by atoms with Crippen LogP contribution in [0.5, 0.6) is 5.75 Å². The van der Waals surface area contributed by atoms with E-state index < -0.39 is 5.97 Å². The van der Waals surface area contributed by atoms with Crippen molar-refractivity contribution in [2.75, 3.05) is 25.6 Å². The lowest BCUT2D eigenvalue weighted by atomic mass is 10.1. The number of esters is 1. The number of benzene rings is 2. The van der Waals surface area contributed by atoms with Gasteiger partial charge in [0.25, 0.3) is 11.8 Å². The maximum atomic E-state index is 12.5. The maximum Gasteiger partial charge on any atom is 0.351 e. The molecule has 3 amide bonds. The molecule has 0 atom stereocenters. The number of hydrogen-bond donors (Lipinski definition) is 1. The Hall–Kier alpha value is -3.72. The summed E-state index contributed by atoms with van der Waals surface area (Å²) in [6.45, 7) is 2.37. The van der Waals surface area contributed by atoms with E-state index in [9.17, 15) is 19.2 Å². The molecule has 0 aliphatic carbocycles. The molecule has 0 bridgehead atoms. The Balaban J connectivity index is 1.40. The van der Waals surface area contributed by atoms with Crippen molar-refractivity contribution in [2.45, 2.75) is 19.8 Å². The molecule has 0 spiro atoms. The van der Waals surface area contributed by atoms with Gasteiger partial charge in [0.05, 0.1) is 24.8 Å². The van der Waals surface area contributed by atoms with Crippen molar-refractivity contribution in [1.82, 2.24) is 4.90 Å². The van der Waals surface area contributed by atoms with Crippen LogP contribution in [0.25, 0.3) is 10.1 Å². The van der Waals surface area contributed by atoms with Gasteiger partial charge in [0.2, 0.25) is 5.91 Å². The number of carbonyl (C=O) groups is 4. The first-order valence-corrected chi connectivity index (χ1v) is 11.3. The van der Waals surface area contributed by atoms with Crippen LogP contribution in [0.4, 0.5) is 5.69 Å². The van der Waals surface area contributed by atoms with Crippen molar-refractivity contribution in [1.29, 1.82) is 0 Å². The minimum Gasteiger partial charge on any atom is -0.491 e. The van der Waals surface area contributed by atoms with Crippen LogP contribution < -0.4 is 10.1 Å². The molecule has 1 aliphatic heterocycles. The molecule has 9 heteroatoms. The summed E-state index contributed by atoms with van der Waals surface area (Å²) in [6.07, 6.45) is 0.482. The predicted molar refractivity (Wildman–Crippen MR) is 124 cm³/mol. The lowest BCUT2D eigenvalue weighted by Crippen LogP contribution is -2.31. The van der Waals surface area contributed by atoms with Crippen molar-refractivity contribution in [3.63, 3.8) is 0 Å². The smallest absolute Gasteiger partial charge is 0.351 e. The molecule has 2 aromatic carbocycles. The van der Waals surface area contributed by atoms with E-state index in [-0.39, 0.29) is 30.7 Å². The number of methoxy groups -OCH3 is 1. The molecule has 2 heterocycles. The summed E-state index contributed by atoms with van der Waals surface area (Å²) in [6, 6.07) is 12.0. The molecule has 170 valence electrons. The highest BCUT2D eigenvalue weighted by molar-refractivity contribution is 7.21. The Kier molecular flexibility index (Phi) is 6.41. The third-order valence-corrected chi connectivity index (χ3v) is 6.38. The second-order valence-corrected chi connectivity index (χ2v) is 8.41. The number of nitrogens with one attached hydrogen (secondary N) is 1. The zero-order valence-electron chi connectivity index (χ0n) is 18.2. The fraction of sp³-hybridized carbons (Fsp3) is 0.250. The summed E-state index contributed by atoms with van der Waals surface area (Å²) in [4.78, 5) is 50.9. The Labute approximate surface area is 194 Å². The number of fused-ring (bicyclic) bond motifs is 2. The quantitative estimate of drug-likeness (QED) is 0.396. The SMILES string of the molecule is CCOc1c(C(=O)OC)sc2ccc(NC(=O)CCCN3C(=O)c4ccccc4C3=O)cc12. The third kappa shape index (κ3) is 4.31. The van der Waals surface area contributed by atoms with Gasteiger partial charge in [-0.15, -0.1) is 11.3 Å². The van der Waals surface area contributed by atoms with Crippen LogP contribution in [0.3, 0.4) is 0 Å². The van der Waals surface area contributed by atoms with Crippen LogP contribution in [0.15, 0.2) is 42.5 Å². The Morgan fingerprint density at radius 1 is 1.06 bits per heavy atom. The van der Waals surface area contributed by atoms with Crippen LogP contribution in [0.2, 0.25) is 0 Å².